The summed E-state index contributed by atoms with van der Waals surface area (Å²) in [6.07, 6.45) is 4.38. The average molecular weight is 576 g/mol. The van der Waals surface area contributed by atoms with Crippen LogP contribution in [0.5, 0.6) is 0 Å². The van der Waals surface area contributed by atoms with Crippen molar-refractivity contribution in [2.75, 3.05) is 51.6 Å². The number of hydrogen-bond acceptors (Lipinski definition) is 5. The van der Waals surface area contributed by atoms with Crippen molar-refractivity contribution in [3.05, 3.63) is 29.2 Å². The molecule has 2 N–H and O–H groups in total. The number of sulfonamides is 1. The number of nitroso groups, excluding NO2 is 1. The van der Waals surface area contributed by atoms with E-state index in [1.165, 1.54) is 19.2 Å². The molecule has 0 spiro atoms. The molecule has 11 nitrogen and oxygen atoms in total. The van der Waals surface area contributed by atoms with Gasteiger partial charge in [-0.15, -0.1) is 5.01 Å². The van der Waals surface area contributed by atoms with E-state index in [2.05, 4.69) is 24.5 Å². The number of nitrogens with zero attached hydrogens (tertiary/aromatic N) is 4. The molecular formula is C28H43N6O5S+. The number of urea groups is 1. The molecule has 0 saturated carbocycles. The first-order valence-corrected chi connectivity index (χ1v) is 16.1. The molecule has 4 saturated heterocycles. The number of hydrogen-bond donors (Lipinski definition) is 2. The highest BCUT2D eigenvalue weighted by atomic mass is 32.2. The van der Waals surface area contributed by atoms with Gasteiger partial charge in [0.25, 0.3) is 0 Å². The number of carbonyl (C=O) groups excluding carboxylic acids is 2. The second-order valence-corrected chi connectivity index (χ2v) is 14.3. The van der Waals surface area contributed by atoms with Gasteiger partial charge in [-0.25, -0.2) is 13.2 Å². The van der Waals surface area contributed by atoms with E-state index in [1.807, 2.05) is 9.91 Å². The lowest BCUT2D eigenvalue weighted by Gasteiger charge is -2.40. The number of fused-ring (bicyclic) bond motifs is 1. The first kappa shape index (κ1) is 28.8. The van der Waals surface area contributed by atoms with Gasteiger partial charge in [0.15, 0.2) is 0 Å². The van der Waals surface area contributed by atoms with Crippen LogP contribution in [0.25, 0.3) is 0 Å². The molecule has 5 atom stereocenters. The lowest BCUT2D eigenvalue weighted by Crippen LogP contribution is -2.51. The van der Waals surface area contributed by atoms with Crippen molar-refractivity contribution in [1.29, 1.82) is 0 Å². The third-order valence-corrected chi connectivity index (χ3v) is 11.3. The maximum atomic E-state index is 13.6. The number of amides is 3. The first-order chi connectivity index (χ1) is 19.1. The second kappa shape index (κ2) is 11.6. The summed E-state index contributed by atoms with van der Waals surface area (Å²) in [6, 6.07) is 5.80. The van der Waals surface area contributed by atoms with Crippen LogP contribution in [0, 0.1) is 34.5 Å². The lowest BCUT2D eigenvalue weighted by atomic mass is 9.75. The zero-order valence-electron chi connectivity index (χ0n) is 23.8. The number of benzene rings is 1. The summed E-state index contributed by atoms with van der Waals surface area (Å²) in [5.74, 6) is 1.54. The highest BCUT2D eigenvalue weighted by Crippen LogP contribution is 2.40. The molecule has 4 heterocycles. The van der Waals surface area contributed by atoms with Crippen molar-refractivity contribution in [1.82, 2.24) is 19.5 Å². The Morgan fingerprint density at radius 2 is 1.55 bits per heavy atom. The van der Waals surface area contributed by atoms with Gasteiger partial charge in [-0.3, -0.25) is 4.79 Å². The van der Waals surface area contributed by atoms with Crippen LogP contribution < -0.4 is 10.6 Å². The minimum atomic E-state index is -3.63. The molecule has 1 aromatic carbocycles. The summed E-state index contributed by atoms with van der Waals surface area (Å²) in [4.78, 5) is 41.1. The van der Waals surface area contributed by atoms with E-state index in [0.29, 0.717) is 49.0 Å². The number of anilines is 1. The summed E-state index contributed by atoms with van der Waals surface area (Å²) >= 11 is 0. The van der Waals surface area contributed by atoms with Gasteiger partial charge in [-0.1, -0.05) is 13.8 Å². The number of likely N-dealkylation sites (tertiary alicyclic amines) is 1. The zero-order chi connectivity index (χ0) is 28.6. The molecule has 12 heteroatoms. The van der Waals surface area contributed by atoms with Gasteiger partial charge in [-0.05, 0) is 80.0 Å². The standard InChI is InChI=1S/C28H42N6O5S/c1-19-14-20(2)17-31(16-19)27(35)25-18-34(37)33-13-10-22(15-26(25)33)21-8-11-32(12-9-21)40(38,39)24-6-4-23(5-7-24)30-28(36)29-3/h4-7,19-22,25-26H,8-18H2,1-3H3,(H-,29,30,36)/p+1. The summed E-state index contributed by atoms with van der Waals surface area (Å²) in [7, 11) is -2.12. The third-order valence-electron chi connectivity index (χ3n) is 9.40. The highest BCUT2D eigenvalue weighted by molar-refractivity contribution is 7.89. The number of hydrazine groups is 1. The molecule has 5 rings (SSSR count). The Bertz CT molecular complexity index is 1210. The van der Waals surface area contributed by atoms with Gasteiger partial charge < -0.3 is 15.5 Å². The van der Waals surface area contributed by atoms with Crippen LogP contribution in [-0.4, -0.2) is 91.8 Å². The van der Waals surface area contributed by atoms with E-state index >= 15 is 0 Å². The fourth-order valence-corrected chi connectivity index (χ4v) is 8.92. The number of rotatable bonds is 5. The van der Waals surface area contributed by atoms with E-state index in [4.69, 9.17) is 0 Å². The smallest absolute Gasteiger partial charge is 0.318 e. The summed E-state index contributed by atoms with van der Waals surface area (Å²) < 4.78 is 28.1. The van der Waals surface area contributed by atoms with Crippen molar-refractivity contribution in [3.8, 4) is 0 Å². The predicted octanol–water partition coefficient (Wildman–Crippen LogP) is 2.75. The highest BCUT2D eigenvalue weighted by Gasteiger charge is 2.54. The van der Waals surface area contributed by atoms with E-state index in [9.17, 15) is 22.9 Å². The molecule has 4 aliphatic heterocycles. The third kappa shape index (κ3) is 5.83. The fraction of sp³-hybridized carbons (Fsp3) is 0.714. The summed E-state index contributed by atoms with van der Waals surface area (Å²) in [6.45, 7) is 7.74. The minimum absolute atomic E-state index is 0.0695. The van der Waals surface area contributed by atoms with Gasteiger partial charge >= 0.3 is 6.03 Å². The second-order valence-electron chi connectivity index (χ2n) is 12.3. The van der Waals surface area contributed by atoms with Gasteiger partial charge in [0.2, 0.25) is 22.5 Å². The Morgan fingerprint density at radius 1 is 0.925 bits per heavy atom. The molecule has 4 aliphatic rings. The van der Waals surface area contributed by atoms with E-state index in [1.54, 1.807) is 16.4 Å². The average Bonchev–Trinajstić information content (AvgIpc) is 3.28. The molecule has 0 aliphatic carbocycles. The quantitative estimate of drug-likeness (QED) is 0.521. The molecule has 4 fully saturated rings. The van der Waals surface area contributed by atoms with E-state index < -0.39 is 10.0 Å². The van der Waals surface area contributed by atoms with Crippen LogP contribution in [0.1, 0.15) is 46.0 Å². The van der Waals surface area contributed by atoms with Gasteiger partial charge in [0, 0.05) is 38.9 Å². The molecule has 0 bridgehead atoms. The van der Waals surface area contributed by atoms with Crippen LogP contribution in [-0.2, 0) is 14.8 Å². The van der Waals surface area contributed by atoms with Crippen LogP contribution in [0.15, 0.2) is 29.2 Å². The van der Waals surface area contributed by atoms with Crippen molar-refractivity contribution in [2.24, 2.45) is 29.6 Å². The normalized spacial score (nSPS) is 30.2. The van der Waals surface area contributed by atoms with Crippen molar-refractivity contribution < 1.29 is 22.9 Å². The Hall–Kier alpha value is -2.73. The van der Waals surface area contributed by atoms with Crippen LogP contribution >= 0.6 is 0 Å². The van der Waals surface area contributed by atoms with Gasteiger partial charge in [0.1, 0.15) is 16.8 Å². The molecular weight excluding hydrogens is 532 g/mol. The maximum absolute atomic E-state index is 13.6. The first-order valence-electron chi connectivity index (χ1n) is 14.7. The molecule has 3 amide bonds. The SMILES string of the molecule is CNC(=O)Nc1ccc(S(=O)(=O)N2CCC(C3CCN4C(C3)C(C(=O)N3CC(C)CC(C)C3)C[N+]4=O)CC2)cc1. The van der Waals surface area contributed by atoms with E-state index in [-0.39, 0.29) is 35.3 Å². The Labute approximate surface area is 237 Å². The molecule has 5 unspecified atom stereocenters. The van der Waals surface area contributed by atoms with Crippen molar-refractivity contribution >= 4 is 27.6 Å². The summed E-state index contributed by atoms with van der Waals surface area (Å²) in [5, 5.41) is 6.97. The van der Waals surface area contributed by atoms with Gasteiger partial charge in [0.05, 0.1) is 16.3 Å². The zero-order valence-corrected chi connectivity index (χ0v) is 24.6. The van der Waals surface area contributed by atoms with Crippen molar-refractivity contribution in [2.45, 2.75) is 56.9 Å². The Kier molecular flexibility index (Phi) is 8.37. The predicted molar refractivity (Wildman–Crippen MR) is 151 cm³/mol. The lowest BCUT2D eigenvalue weighted by molar-refractivity contribution is -0.692. The number of nitrogens with one attached hydrogen (secondary N) is 2. The van der Waals surface area contributed by atoms with Crippen LogP contribution in [0.3, 0.4) is 0 Å². The molecule has 1 aromatic rings. The largest absolute Gasteiger partial charge is 0.342 e. The monoisotopic (exact) mass is 575 g/mol. The Balaban J connectivity index is 1.19. The number of carbonyl (C=O) groups is 2. The molecule has 0 aromatic heterocycles. The molecule has 40 heavy (non-hydrogen) atoms. The maximum Gasteiger partial charge on any atom is 0.318 e. The van der Waals surface area contributed by atoms with Crippen LogP contribution in [0.4, 0.5) is 10.5 Å². The summed E-state index contributed by atoms with van der Waals surface area (Å²) in [5.41, 5.74) is 0.521. The van der Waals surface area contributed by atoms with Gasteiger partial charge in [-0.2, -0.15) is 4.31 Å². The Morgan fingerprint density at radius 3 is 2.17 bits per heavy atom. The van der Waals surface area contributed by atoms with E-state index in [0.717, 1.165) is 50.1 Å². The topological polar surface area (TPSA) is 122 Å². The molecule has 220 valence electrons. The van der Waals surface area contributed by atoms with Crippen molar-refractivity contribution in [3.63, 3.8) is 0 Å². The fourth-order valence-electron chi connectivity index (χ4n) is 7.45. The number of piperidine rings is 3. The minimum Gasteiger partial charge on any atom is -0.342 e. The molecule has 0 radical (unpaired) electrons. The van der Waals surface area contributed by atoms with Crippen LogP contribution in [0.2, 0.25) is 0 Å².